The average Bonchev–Trinajstić information content (AvgIpc) is 3.00. The third-order valence-electron chi connectivity index (χ3n) is 4.86. The highest BCUT2D eigenvalue weighted by Crippen LogP contribution is 2.19. The zero-order chi connectivity index (χ0) is 21.9. The fraction of sp³-hybridized carbons (Fsp3) is 0.333. The maximum absolute atomic E-state index is 12.9. The Bertz CT molecular complexity index is 1200. The molecule has 1 amide bonds. The van der Waals surface area contributed by atoms with Crippen molar-refractivity contribution in [2.75, 3.05) is 6.54 Å². The molecule has 30 heavy (non-hydrogen) atoms. The van der Waals surface area contributed by atoms with E-state index in [4.69, 9.17) is 4.42 Å². The van der Waals surface area contributed by atoms with Crippen molar-refractivity contribution >= 4 is 27.0 Å². The van der Waals surface area contributed by atoms with E-state index in [0.29, 0.717) is 18.5 Å². The predicted molar refractivity (Wildman–Crippen MR) is 114 cm³/mol. The Morgan fingerprint density at radius 1 is 1.13 bits per heavy atom. The summed E-state index contributed by atoms with van der Waals surface area (Å²) in [6, 6.07) is 12.9. The number of hydrogen-bond acceptors (Lipinski definition) is 5. The Labute approximate surface area is 174 Å². The fourth-order valence-corrected chi connectivity index (χ4v) is 4.45. The van der Waals surface area contributed by atoms with Crippen molar-refractivity contribution in [1.29, 1.82) is 0 Å². The normalized spacial score (nSPS) is 12.9. The zero-order valence-electron chi connectivity index (χ0n) is 17.1. The lowest BCUT2D eigenvalue weighted by molar-refractivity contribution is -0.123. The van der Waals surface area contributed by atoms with E-state index in [2.05, 4.69) is 10.0 Å². The van der Waals surface area contributed by atoms with Crippen LogP contribution in [0.1, 0.15) is 19.4 Å². The van der Waals surface area contributed by atoms with Crippen LogP contribution in [0.25, 0.3) is 11.1 Å². The molecule has 0 saturated carbocycles. The largest absolute Gasteiger partial charge is 0.419 e. The second kappa shape index (κ2) is 8.85. The summed E-state index contributed by atoms with van der Waals surface area (Å²) in [6.07, 6.45) is 0.647. The summed E-state index contributed by atoms with van der Waals surface area (Å²) in [5, 5.41) is 2.80. The van der Waals surface area contributed by atoms with Crippen LogP contribution in [0.4, 0.5) is 0 Å². The molecule has 0 fully saturated rings. The molecule has 1 aromatic heterocycles. The van der Waals surface area contributed by atoms with Crippen molar-refractivity contribution in [3.05, 3.63) is 64.6 Å². The third-order valence-corrected chi connectivity index (χ3v) is 6.30. The van der Waals surface area contributed by atoms with Gasteiger partial charge >= 0.3 is 5.76 Å². The second-order valence-corrected chi connectivity index (χ2v) is 9.14. The summed E-state index contributed by atoms with van der Waals surface area (Å²) >= 11 is 0. The molecule has 2 N–H and O–H groups in total. The summed E-state index contributed by atoms with van der Waals surface area (Å²) in [5.41, 5.74) is 1.73. The molecule has 0 radical (unpaired) electrons. The number of carbonyl (C=O) groups is 1. The first-order valence-electron chi connectivity index (χ1n) is 9.62. The Hall–Kier alpha value is -2.91. The summed E-state index contributed by atoms with van der Waals surface area (Å²) in [5.74, 6) is -1.24. The van der Waals surface area contributed by atoms with Crippen molar-refractivity contribution in [1.82, 2.24) is 14.6 Å². The molecule has 0 bridgehead atoms. The number of fused-ring (bicyclic) bond motifs is 1. The lowest BCUT2D eigenvalue weighted by Gasteiger charge is -2.21. The number of sulfonamides is 1. The van der Waals surface area contributed by atoms with Crippen LogP contribution in [0.2, 0.25) is 0 Å². The molecule has 8 nitrogen and oxygen atoms in total. The highest BCUT2D eigenvalue weighted by Gasteiger charge is 2.28. The molecule has 0 aliphatic carbocycles. The smallest absolute Gasteiger partial charge is 0.408 e. The fourth-order valence-electron chi connectivity index (χ4n) is 3.09. The van der Waals surface area contributed by atoms with Gasteiger partial charge in [0.1, 0.15) is 6.04 Å². The summed E-state index contributed by atoms with van der Waals surface area (Å²) in [6.45, 7) is 3.93. The van der Waals surface area contributed by atoms with Crippen LogP contribution in [-0.2, 0) is 28.3 Å². The van der Waals surface area contributed by atoms with Crippen molar-refractivity contribution in [3.63, 3.8) is 0 Å². The van der Waals surface area contributed by atoms with Gasteiger partial charge in [0.05, 0.1) is 10.4 Å². The minimum absolute atomic E-state index is 0.0768. The molecule has 3 rings (SSSR count). The van der Waals surface area contributed by atoms with Gasteiger partial charge < -0.3 is 9.73 Å². The number of oxazole rings is 1. The van der Waals surface area contributed by atoms with Crippen LogP contribution in [0.15, 0.2) is 62.6 Å². The van der Waals surface area contributed by atoms with Gasteiger partial charge in [-0.15, -0.1) is 0 Å². The number of aryl methyl sites for hydroxylation is 1. The second-order valence-electron chi connectivity index (χ2n) is 7.43. The standard InChI is InChI=1S/C21H25N3O5S/c1-14(2)19(20(25)22-12-11-15-7-5-4-6-8-15)23-30(27,28)16-9-10-17-18(13-16)29-21(26)24(17)3/h4-10,13-14,19,23H,11-12H2,1-3H3,(H,22,25)/t19-/m0/s1. The summed E-state index contributed by atoms with van der Waals surface area (Å²) in [7, 11) is -2.47. The van der Waals surface area contributed by atoms with E-state index in [9.17, 15) is 18.0 Å². The lowest BCUT2D eigenvalue weighted by Crippen LogP contribution is -2.49. The lowest BCUT2D eigenvalue weighted by atomic mass is 10.0. The predicted octanol–water partition coefficient (Wildman–Crippen LogP) is 1.79. The van der Waals surface area contributed by atoms with Crippen LogP contribution < -0.4 is 15.8 Å². The van der Waals surface area contributed by atoms with E-state index in [1.807, 2.05) is 30.3 Å². The van der Waals surface area contributed by atoms with E-state index in [-0.39, 0.29) is 16.4 Å². The van der Waals surface area contributed by atoms with Crippen LogP contribution in [0.5, 0.6) is 0 Å². The molecule has 1 heterocycles. The molecule has 0 aliphatic rings. The monoisotopic (exact) mass is 431 g/mol. The minimum Gasteiger partial charge on any atom is -0.408 e. The molecule has 9 heteroatoms. The van der Waals surface area contributed by atoms with Crippen molar-refractivity contribution < 1.29 is 17.6 Å². The first kappa shape index (κ1) is 21.8. The van der Waals surface area contributed by atoms with Gasteiger partial charge in [0.15, 0.2) is 5.58 Å². The van der Waals surface area contributed by atoms with Gasteiger partial charge in [0.2, 0.25) is 15.9 Å². The van der Waals surface area contributed by atoms with Gasteiger partial charge in [-0.3, -0.25) is 9.36 Å². The molecule has 0 aliphatic heterocycles. The minimum atomic E-state index is -4.00. The summed E-state index contributed by atoms with van der Waals surface area (Å²) in [4.78, 5) is 24.2. The highest BCUT2D eigenvalue weighted by atomic mass is 32.2. The molecule has 0 saturated heterocycles. The van der Waals surface area contributed by atoms with Gasteiger partial charge in [-0.1, -0.05) is 44.2 Å². The zero-order valence-corrected chi connectivity index (χ0v) is 17.9. The van der Waals surface area contributed by atoms with Gasteiger partial charge in [0, 0.05) is 19.7 Å². The van der Waals surface area contributed by atoms with Crippen LogP contribution in [0, 0.1) is 5.92 Å². The van der Waals surface area contributed by atoms with Crippen molar-refractivity contribution in [3.8, 4) is 0 Å². The van der Waals surface area contributed by atoms with E-state index in [0.717, 1.165) is 5.56 Å². The Morgan fingerprint density at radius 3 is 2.50 bits per heavy atom. The number of nitrogens with one attached hydrogen (secondary N) is 2. The van der Waals surface area contributed by atoms with Gasteiger partial charge in [-0.05, 0) is 30.0 Å². The maximum atomic E-state index is 12.9. The molecule has 3 aromatic rings. The number of hydrogen-bond donors (Lipinski definition) is 2. The van der Waals surface area contributed by atoms with Crippen LogP contribution >= 0.6 is 0 Å². The quantitative estimate of drug-likeness (QED) is 0.565. The highest BCUT2D eigenvalue weighted by molar-refractivity contribution is 7.89. The molecule has 2 aromatic carbocycles. The van der Waals surface area contributed by atoms with Gasteiger partial charge in [-0.25, -0.2) is 13.2 Å². The Morgan fingerprint density at radius 2 is 1.83 bits per heavy atom. The number of nitrogens with zero attached hydrogens (tertiary/aromatic N) is 1. The number of carbonyl (C=O) groups excluding carboxylic acids is 1. The van der Waals surface area contributed by atoms with Crippen LogP contribution in [-0.4, -0.2) is 31.5 Å². The van der Waals surface area contributed by atoms with E-state index in [1.165, 1.54) is 29.8 Å². The number of aromatic nitrogens is 1. The SMILES string of the molecule is CC(C)[C@H](NS(=O)(=O)c1ccc2c(c1)oc(=O)n2C)C(=O)NCCc1ccccc1. The molecular formula is C21H25N3O5S. The molecule has 0 unspecified atom stereocenters. The van der Waals surface area contributed by atoms with E-state index < -0.39 is 27.7 Å². The van der Waals surface area contributed by atoms with Crippen molar-refractivity contribution in [2.24, 2.45) is 13.0 Å². The summed E-state index contributed by atoms with van der Waals surface area (Å²) < 4.78 is 34.6. The van der Waals surface area contributed by atoms with E-state index in [1.54, 1.807) is 13.8 Å². The Kier molecular flexibility index (Phi) is 6.42. The maximum Gasteiger partial charge on any atom is 0.419 e. The van der Waals surface area contributed by atoms with E-state index >= 15 is 0 Å². The molecule has 0 spiro atoms. The third kappa shape index (κ3) is 4.80. The molecule has 1 atom stereocenters. The topological polar surface area (TPSA) is 110 Å². The van der Waals surface area contributed by atoms with Crippen LogP contribution in [0.3, 0.4) is 0 Å². The number of amides is 1. The number of benzene rings is 2. The first-order valence-corrected chi connectivity index (χ1v) is 11.1. The van der Waals surface area contributed by atoms with Gasteiger partial charge in [-0.2, -0.15) is 4.72 Å². The molecule has 160 valence electrons. The van der Waals surface area contributed by atoms with Gasteiger partial charge in [0.25, 0.3) is 0 Å². The van der Waals surface area contributed by atoms with Crippen molar-refractivity contribution in [2.45, 2.75) is 31.2 Å². The molecular weight excluding hydrogens is 406 g/mol. The Balaban J connectivity index is 1.73. The first-order chi connectivity index (χ1) is 14.2. The average molecular weight is 432 g/mol. The number of rotatable bonds is 8.